The molecule has 0 aromatic carbocycles. The molecule has 0 amide bonds. The molecule has 2 unspecified atom stereocenters. The number of aliphatic hydroxyl groups is 1. The molecule has 6 aliphatic rings. The number of aliphatic carboxylic acids is 1. The molecule has 3 N–H and O–H groups in total. The average Bonchev–Trinajstić information content (AvgIpc) is 3.82. The number of hydrogen-bond acceptors (Lipinski definition) is 9. The van der Waals surface area contributed by atoms with Crippen LogP contribution >= 0.6 is 0 Å². The van der Waals surface area contributed by atoms with Crippen LogP contribution in [-0.4, -0.2) is 87.3 Å². The molecule has 5 fully saturated rings. The summed E-state index contributed by atoms with van der Waals surface area (Å²) < 4.78 is 35.2. The molecule has 1 aliphatic carbocycles. The predicted octanol–water partition coefficient (Wildman–Crippen LogP) is 8.76. The van der Waals surface area contributed by atoms with Crippen molar-refractivity contribution in [1.82, 2.24) is 5.32 Å². The first kappa shape index (κ1) is 45.1. The lowest BCUT2D eigenvalue weighted by molar-refractivity contribution is -0.398. The Morgan fingerprint density at radius 2 is 1.56 bits per heavy atom. The van der Waals surface area contributed by atoms with Crippen molar-refractivity contribution in [1.29, 1.82) is 0 Å². The molecule has 10 heteroatoms. The van der Waals surface area contributed by atoms with Crippen molar-refractivity contribution in [2.24, 2.45) is 41.4 Å². The summed E-state index contributed by atoms with van der Waals surface area (Å²) in [6.07, 6.45) is 15.9. The number of carboxylic acids is 1. The third-order valence-electron chi connectivity index (χ3n) is 16.0. The van der Waals surface area contributed by atoms with Crippen LogP contribution in [0.3, 0.4) is 0 Å². The van der Waals surface area contributed by atoms with Crippen molar-refractivity contribution in [3.05, 3.63) is 12.2 Å². The molecule has 6 rings (SSSR count). The highest BCUT2D eigenvalue weighted by atomic mass is 16.8. The zero-order valence-electron chi connectivity index (χ0n) is 37.1. The molecule has 0 aromatic rings. The van der Waals surface area contributed by atoms with E-state index in [1.54, 1.807) is 0 Å². The number of nitrogens with one attached hydrogen (secondary N) is 1. The summed E-state index contributed by atoms with van der Waals surface area (Å²) in [5, 5.41) is 25.0. The van der Waals surface area contributed by atoms with E-state index in [0.717, 1.165) is 44.9 Å². The van der Waals surface area contributed by atoms with E-state index in [0.29, 0.717) is 50.5 Å². The maximum Gasteiger partial charge on any atom is 0.309 e. The Bertz CT molecular complexity index is 1420. The standard InChI is InChI=1S/C47H79NO9/c1-11-35(43(50)51)37-19-18-28(4)41(54-37)30(6)26-29(5)40(49)36(12-2)42-31(7)27-32(8)46(55-42)23-20-38(48-34-16-14-15-17-34)47(57-46)25-24-44(10,56-47)39-21-22-45(52,13-3)33(9)53-39/h20,23,28-39,41-42,48,52H,11-19,21-22,24-27H2,1-10H3,(H,50,51)/t28-,29-,30-,31-,32+,33-,35?,36-,37+,38+,39+,41?,42-,44-,45+,46-,47-/m0/s1. The molecule has 10 nitrogen and oxygen atoms in total. The van der Waals surface area contributed by atoms with Gasteiger partial charge >= 0.3 is 5.97 Å². The first-order valence-corrected chi connectivity index (χ1v) is 23.3. The van der Waals surface area contributed by atoms with E-state index in [1.807, 2.05) is 20.8 Å². The van der Waals surface area contributed by atoms with Crippen LogP contribution in [0.15, 0.2) is 12.2 Å². The number of ketones is 1. The van der Waals surface area contributed by atoms with Gasteiger partial charge in [-0.25, -0.2) is 0 Å². The molecule has 1 saturated carbocycles. The van der Waals surface area contributed by atoms with Crippen LogP contribution in [-0.2, 0) is 33.3 Å². The first-order chi connectivity index (χ1) is 26.9. The highest BCUT2D eigenvalue weighted by Crippen LogP contribution is 2.54. The monoisotopic (exact) mass is 802 g/mol. The van der Waals surface area contributed by atoms with Gasteiger partial charge in [0.1, 0.15) is 5.78 Å². The summed E-state index contributed by atoms with van der Waals surface area (Å²) in [6.45, 7) is 21.0. The quantitative estimate of drug-likeness (QED) is 0.147. The highest BCUT2D eigenvalue weighted by Gasteiger charge is 2.63. The Hall–Kier alpha value is -1.40. The van der Waals surface area contributed by atoms with E-state index < -0.39 is 34.7 Å². The highest BCUT2D eigenvalue weighted by molar-refractivity contribution is 5.83. The lowest BCUT2D eigenvalue weighted by Gasteiger charge is -2.55. The SMILES string of the molecule is CCC(C(=O)O)[C@H]1CC[C@H](C)C([C@@H](C)C[C@H](C)C(=O)[C@H](CC)[C@H]2O[C@]3(C=C[C@@H](NC4CCCC4)[C@]4(CC[C@@](C)([C@H]5CC[C@](O)(CC)[C@H](C)O5)O4)O3)[C@H](C)C[C@@H]2C)O1. The summed E-state index contributed by atoms with van der Waals surface area (Å²) in [5.74, 6) is -3.01. The van der Waals surface area contributed by atoms with Gasteiger partial charge in [0, 0.05) is 30.2 Å². The summed E-state index contributed by atoms with van der Waals surface area (Å²) in [6, 6.07) is 0.240. The van der Waals surface area contributed by atoms with Gasteiger partial charge in [-0.2, -0.15) is 0 Å². The zero-order valence-corrected chi connectivity index (χ0v) is 37.1. The van der Waals surface area contributed by atoms with Gasteiger partial charge in [0.2, 0.25) is 0 Å². The van der Waals surface area contributed by atoms with Gasteiger partial charge in [0.15, 0.2) is 11.6 Å². The molecule has 0 radical (unpaired) electrons. The second-order valence-electron chi connectivity index (χ2n) is 20.1. The molecular formula is C47H79NO9. The minimum absolute atomic E-state index is 0.0333. The largest absolute Gasteiger partial charge is 0.481 e. The van der Waals surface area contributed by atoms with Crippen molar-refractivity contribution < 1.29 is 43.5 Å². The molecule has 5 aliphatic heterocycles. The third-order valence-corrected chi connectivity index (χ3v) is 16.0. The van der Waals surface area contributed by atoms with Crippen molar-refractivity contribution >= 4 is 11.8 Å². The van der Waals surface area contributed by atoms with Gasteiger partial charge in [-0.15, -0.1) is 0 Å². The van der Waals surface area contributed by atoms with Crippen LogP contribution < -0.4 is 5.32 Å². The summed E-state index contributed by atoms with van der Waals surface area (Å²) >= 11 is 0. The lowest BCUT2D eigenvalue weighted by Crippen LogP contribution is -2.66. The van der Waals surface area contributed by atoms with Gasteiger partial charge in [-0.3, -0.25) is 9.59 Å². The van der Waals surface area contributed by atoms with Crippen LogP contribution in [0.2, 0.25) is 0 Å². The van der Waals surface area contributed by atoms with Crippen LogP contribution in [0.5, 0.6) is 0 Å². The first-order valence-electron chi connectivity index (χ1n) is 23.3. The molecule has 57 heavy (non-hydrogen) atoms. The molecule has 326 valence electrons. The maximum atomic E-state index is 14.6. The van der Waals surface area contributed by atoms with E-state index in [4.69, 9.17) is 23.7 Å². The van der Waals surface area contributed by atoms with Gasteiger partial charge in [-0.1, -0.05) is 74.3 Å². The molecule has 0 aromatic heterocycles. The van der Waals surface area contributed by atoms with Crippen LogP contribution in [0.4, 0.5) is 0 Å². The maximum absolute atomic E-state index is 14.6. The van der Waals surface area contributed by atoms with E-state index in [-0.39, 0.29) is 71.9 Å². The normalized spacial score (nSPS) is 44.9. The summed E-state index contributed by atoms with van der Waals surface area (Å²) in [4.78, 5) is 26.6. The van der Waals surface area contributed by atoms with E-state index >= 15 is 0 Å². The summed E-state index contributed by atoms with van der Waals surface area (Å²) in [7, 11) is 0. The Morgan fingerprint density at radius 1 is 0.860 bits per heavy atom. The lowest BCUT2D eigenvalue weighted by atomic mass is 9.73. The smallest absolute Gasteiger partial charge is 0.309 e. The number of rotatable bonds is 14. The fourth-order valence-corrected chi connectivity index (χ4v) is 12.1. The topological polar surface area (TPSA) is 133 Å². The predicted molar refractivity (Wildman–Crippen MR) is 220 cm³/mol. The fourth-order valence-electron chi connectivity index (χ4n) is 12.1. The number of carbonyl (C=O) groups excluding carboxylic acids is 1. The molecule has 5 heterocycles. The molecule has 17 atom stereocenters. The molecule has 2 spiro atoms. The third kappa shape index (κ3) is 8.99. The van der Waals surface area contributed by atoms with E-state index in [9.17, 15) is 19.8 Å². The second-order valence-corrected chi connectivity index (χ2v) is 20.1. The fraction of sp³-hybridized carbons (Fsp3) is 0.915. The van der Waals surface area contributed by atoms with Gasteiger partial charge < -0.3 is 39.2 Å². The second kappa shape index (κ2) is 17.9. The minimum atomic E-state index is -1.05. The minimum Gasteiger partial charge on any atom is -0.481 e. The Labute approximate surface area is 344 Å². The molecular weight excluding hydrogens is 723 g/mol. The van der Waals surface area contributed by atoms with E-state index in [2.05, 4.69) is 65.9 Å². The van der Waals surface area contributed by atoms with Crippen LogP contribution in [0, 0.1) is 41.4 Å². The number of carbonyl (C=O) groups is 2. The summed E-state index contributed by atoms with van der Waals surface area (Å²) in [5.41, 5.74) is -1.43. The molecule has 4 saturated heterocycles. The Balaban J connectivity index is 1.20. The van der Waals surface area contributed by atoms with Crippen LogP contribution in [0.1, 0.15) is 166 Å². The molecule has 0 bridgehead atoms. The number of Topliss-reactive ketones (excluding diaryl/α,β-unsaturated/α-hetero) is 1. The number of carboxylic acid groups (broad SMARTS) is 1. The van der Waals surface area contributed by atoms with Gasteiger partial charge in [-0.05, 0) is 115 Å². The Morgan fingerprint density at radius 3 is 2.19 bits per heavy atom. The van der Waals surface area contributed by atoms with Crippen molar-refractivity contribution in [3.8, 4) is 0 Å². The van der Waals surface area contributed by atoms with Crippen LogP contribution in [0.25, 0.3) is 0 Å². The van der Waals surface area contributed by atoms with Crippen molar-refractivity contribution in [2.75, 3.05) is 0 Å². The van der Waals surface area contributed by atoms with Gasteiger partial charge in [0.25, 0.3) is 0 Å². The average molecular weight is 802 g/mol. The number of ether oxygens (including phenoxy) is 5. The van der Waals surface area contributed by atoms with Gasteiger partial charge in [0.05, 0.1) is 53.7 Å². The number of hydrogen-bond donors (Lipinski definition) is 3. The van der Waals surface area contributed by atoms with Crippen molar-refractivity contribution in [2.45, 2.75) is 231 Å². The zero-order chi connectivity index (χ0) is 41.5. The van der Waals surface area contributed by atoms with E-state index in [1.165, 1.54) is 12.8 Å². The Kier molecular flexibility index (Phi) is 14.2. The van der Waals surface area contributed by atoms with Crippen molar-refractivity contribution in [3.63, 3.8) is 0 Å².